The van der Waals surface area contributed by atoms with Crippen molar-refractivity contribution in [2.75, 3.05) is 37.3 Å². The molecule has 0 bridgehead atoms. The third-order valence-electron chi connectivity index (χ3n) is 7.45. The third kappa shape index (κ3) is 13.0. The van der Waals surface area contributed by atoms with Gasteiger partial charge in [-0.3, -0.25) is 0 Å². The number of methoxy groups -OCH3 is 3. The molecule has 0 aliphatic carbocycles. The summed E-state index contributed by atoms with van der Waals surface area (Å²) in [4.78, 5) is 16.7. The second-order valence-corrected chi connectivity index (χ2v) is 13.0. The molecule has 6 rings (SSSR count). The van der Waals surface area contributed by atoms with Gasteiger partial charge in [-0.05, 0) is 52.7 Å². The van der Waals surface area contributed by atoms with Crippen LogP contribution >= 0.6 is 31.9 Å². The van der Waals surface area contributed by atoms with Gasteiger partial charge in [0.05, 0.1) is 21.3 Å². The van der Waals surface area contributed by atoms with E-state index in [-0.39, 0.29) is 17.5 Å². The van der Waals surface area contributed by atoms with Gasteiger partial charge in [0.25, 0.3) is 0 Å². The number of anilines is 3. The molecule has 0 aliphatic rings. The second kappa shape index (κ2) is 21.0. The van der Waals surface area contributed by atoms with Crippen LogP contribution < -0.4 is 30.2 Å². The number of phenols is 3. The van der Waals surface area contributed by atoms with Crippen molar-refractivity contribution in [1.29, 1.82) is 0 Å². The summed E-state index contributed by atoms with van der Waals surface area (Å²) in [6.45, 7) is 3.37. The van der Waals surface area contributed by atoms with E-state index in [1.165, 1.54) is 7.11 Å². The number of benzene rings is 3. The van der Waals surface area contributed by atoms with E-state index in [9.17, 15) is 15.3 Å². The van der Waals surface area contributed by atoms with Crippen LogP contribution in [0.4, 0.5) is 17.5 Å². The average molecular weight is 864 g/mol. The van der Waals surface area contributed by atoms with Crippen molar-refractivity contribution in [1.82, 2.24) is 19.9 Å². The highest BCUT2D eigenvalue weighted by Crippen LogP contribution is 2.24. The van der Waals surface area contributed by atoms with Gasteiger partial charge in [-0.25, -0.2) is 0 Å². The Morgan fingerprint density at radius 2 is 1.07 bits per heavy atom. The lowest BCUT2D eigenvalue weighted by atomic mass is 10.1. The molecule has 6 N–H and O–H groups in total. The van der Waals surface area contributed by atoms with E-state index >= 15 is 0 Å². The SMILES string of the molecule is COc1cc(Br)cc(NCc2ccccc2O)n1.COc1cccc(NCc2cccc(C)c2O)n1.COc1nc(Br)cc(NCc2ccccc2O)n1. The fraction of sp³-hybridized carbons (Fsp3) is 0.179. The first-order chi connectivity index (χ1) is 26.1. The minimum Gasteiger partial charge on any atom is -0.508 e. The molecule has 3 aromatic heterocycles. The summed E-state index contributed by atoms with van der Waals surface area (Å²) in [7, 11) is 4.66. The highest BCUT2D eigenvalue weighted by Gasteiger charge is 2.07. The molecule has 54 heavy (non-hydrogen) atoms. The number of phenolic OH excluding ortho intramolecular Hbond substituents is 3. The molecule has 0 amide bonds. The van der Waals surface area contributed by atoms with Gasteiger partial charge in [-0.15, -0.1) is 0 Å². The van der Waals surface area contributed by atoms with E-state index in [0.29, 0.717) is 53.4 Å². The number of pyridine rings is 2. The number of aryl methyl sites for hydroxylation is 1. The first-order valence-electron chi connectivity index (χ1n) is 16.4. The zero-order chi connectivity index (χ0) is 38.9. The molecular weight excluding hydrogens is 822 g/mol. The number of halogens is 2. The minimum atomic E-state index is 0.255. The van der Waals surface area contributed by atoms with Crippen LogP contribution in [0.1, 0.15) is 22.3 Å². The van der Waals surface area contributed by atoms with E-state index in [4.69, 9.17) is 14.2 Å². The smallest absolute Gasteiger partial charge is 0.319 e. The van der Waals surface area contributed by atoms with Crippen LogP contribution in [0.25, 0.3) is 0 Å². The molecule has 0 spiro atoms. The predicted octanol–water partition coefficient (Wildman–Crippen LogP) is 8.45. The van der Waals surface area contributed by atoms with Crippen molar-refractivity contribution in [2.45, 2.75) is 26.6 Å². The number of ether oxygens (including phenoxy) is 3. The Bertz CT molecular complexity index is 2010. The van der Waals surface area contributed by atoms with Crippen LogP contribution in [0, 0.1) is 6.92 Å². The van der Waals surface area contributed by atoms with Crippen molar-refractivity contribution in [3.8, 4) is 35.0 Å². The lowest BCUT2D eigenvalue weighted by Crippen LogP contribution is -2.03. The number of hydrogen-bond donors (Lipinski definition) is 6. The number of rotatable bonds is 12. The first kappa shape index (κ1) is 41.0. The number of nitrogens with one attached hydrogen (secondary N) is 3. The highest BCUT2D eigenvalue weighted by molar-refractivity contribution is 9.10. The fourth-order valence-electron chi connectivity index (χ4n) is 4.61. The Morgan fingerprint density at radius 1 is 0.537 bits per heavy atom. The van der Waals surface area contributed by atoms with Gasteiger partial charge >= 0.3 is 6.01 Å². The van der Waals surface area contributed by atoms with Gasteiger partial charge < -0.3 is 45.5 Å². The molecule has 0 unspecified atom stereocenters. The summed E-state index contributed by atoms with van der Waals surface area (Å²) in [5.74, 6) is 3.97. The molecule has 0 fully saturated rings. The highest BCUT2D eigenvalue weighted by atomic mass is 79.9. The zero-order valence-corrected chi connectivity index (χ0v) is 33.2. The van der Waals surface area contributed by atoms with Gasteiger partial charge in [-0.1, -0.05) is 76.6 Å². The van der Waals surface area contributed by atoms with Crippen molar-refractivity contribution in [2.24, 2.45) is 0 Å². The standard InChI is InChI=1S/C14H16N2O2.C13H13BrN2O2.C12H12BrN3O2/c1-10-5-3-6-11(14(10)17)9-15-12-7-4-8-13(16-12)18-2;1-18-13-7-10(14)6-12(16-13)15-8-9-4-2-3-5-11(9)17;1-18-12-15-10(13)6-11(16-12)14-7-8-4-2-3-5-9(8)17/h3-8,17H,9H2,1-2H3,(H,15,16);2-7,17H,8H2,1H3,(H,15,16);2-6,17H,7H2,1H3,(H,14,15,16). The van der Waals surface area contributed by atoms with Gasteiger partial charge in [0.2, 0.25) is 11.8 Å². The van der Waals surface area contributed by atoms with Crippen LogP contribution in [0.5, 0.6) is 35.0 Å². The Kier molecular flexibility index (Phi) is 16.0. The molecule has 0 saturated carbocycles. The van der Waals surface area contributed by atoms with E-state index in [1.807, 2.05) is 67.6 Å². The van der Waals surface area contributed by atoms with Crippen LogP contribution in [0.15, 0.2) is 112 Å². The van der Waals surface area contributed by atoms with Crippen molar-refractivity contribution >= 4 is 49.3 Å². The van der Waals surface area contributed by atoms with Crippen molar-refractivity contribution in [3.05, 3.63) is 134 Å². The molecule has 6 aromatic rings. The first-order valence-corrected chi connectivity index (χ1v) is 18.0. The van der Waals surface area contributed by atoms with Gasteiger partial charge in [0, 0.05) is 59.0 Å². The average Bonchev–Trinajstić information content (AvgIpc) is 3.18. The van der Waals surface area contributed by atoms with Gasteiger partial charge in [-0.2, -0.15) is 19.9 Å². The van der Waals surface area contributed by atoms with Crippen LogP contribution in [-0.2, 0) is 19.6 Å². The maximum Gasteiger partial charge on any atom is 0.319 e. The maximum atomic E-state index is 9.89. The lowest BCUT2D eigenvalue weighted by molar-refractivity contribution is 0.379. The molecular formula is C39H41Br2N7O6. The summed E-state index contributed by atoms with van der Waals surface area (Å²) in [5, 5.41) is 38.6. The zero-order valence-electron chi connectivity index (χ0n) is 30.0. The molecule has 3 aromatic carbocycles. The van der Waals surface area contributed by atoms with Crippen LogP contribution in [-0.4, -0.2) is 56.6 Å². The minimum absolute atomic E-state index is 0.255. The quantitative estimate of drug-likeness (QED) is 0.0647. The Hall–Kier alpha value is -5.80. The summed E-state index contributed by atoms with van der Waals surface area (Å²) >= 11 is 6.66. The normalized spacial score (nSPS) is 10.1. The van der Waals surface area contributed by atoms with Crippen molar-refractivity contribution in [3.63, 3.8) is 0 Å². The number of nitrogens with zero attached hydrogens (tertiary/aromatic N) is 4. The monoisotopic (exact) mass is 861 g/mol. The summed E-state index contributed by atoms with van der Waals surface area (Å²) in [5.41, 5.74) is 3.33. The molecule has 0 aliphatic heterocycles. The molecule has 3 heterocycles. The van der Waals surface area contributed by atoms with E-state index < -0.39 is 0 Å². The molecule has 0 radical (unpaired) electrons. The lowest BCUT2D eigenvalue weighted by Gasteiger charge is -2.09. The van der Waals surface area contributed by atoms with Gasteiger partial charge in [0.15, 0.2) is 0 Å². The van der Waals surface area contributed by atoms with Gasteiger partial charge in [0.1, 0.15) is 39.3 Å². The number of hydrogen-bond acceptors (Lipinski definition) is 13. The Labute approximate surface area is 330 Å². The number of para-hydroxylation sites is 3. The second-order valence-electron chi connectivity index (χ2n) is 11.2. The number of aromatic nitrogens is 4. The number of aromatic hydroxyl groups is 3. The molecule has 0 saturated heterocycles. The van der Waals surface area contributed by atoms with E-state index in [2.05, 4.69) is 67.7 Å². The third-order valence-corrected chi connectivity index (χ3v) is 8.31. The topological polar surface area (TPSA) is 176 Å². The van der Waals surface area contributed by atoms with Crippen LogP contribution in [0.3, 0.4) is 0 Å². The Morgan fingerprint density at radius 3 is 1.69 bits per heavy atom. The van der Waals surface area contributed by atoms with E-state index in [1.54, 1.807) is 56.7 Å². The summed E-state index contributed by atoms with van der Waals surface area (Å²) < 4.78 is 16.6. The molecule has 15 heteroatoms. The Balaban J connectivity index is 0.000000180. The molecule has 13 nitrogen and oxygen atoms in total. The van der Waals surface area contributed by atoms with E-state index in [0.717, 1.165) is 32.5 Å². The summed E-state index contributed by atoms with van der Waals surface area (Å²) in [6, 6.07) is 31.2. The largest absolute Gasteiger partial charge is 0.508 e. The molecule has 0 atom stereocenters. The fourth-order valence-corrected chi connectivity index (χ4v) is 5.40. The maximum absolute atomic E-state index is 9.89. The van der Waals surface area contributed by atoms with Crippen molar-refractivity contribution < 1.29 is 29.5 Å². The van der Waals surface area contributed by atoms with Crippen LogP contribution in [0.2, 0.25) is 0 Å². The molecule has 282 valence electrons. The predicted molar refractivity (Wildman–Crippen MR) is 217 cm³/mol. The summed E-state index contributed by atoms with van der Waals surface area (Å²) in [6.07, 6.45) is 0.